The maximum Gasteiger partial charge on any atom is 0.263 e. The summed E-state index contributed by atoms with van der Waals surface area (Å²) in [6.45, 7) is 4.18. The number of nitrogens with one attached hydrogen (secondary N) is 1. The van der Waals surface area contributed by atoms with Crippen LogP contribution in [0.25, 0.3) is 10.2 Å². The predicted molar refractivity (Wildman–Crippen MR) is 78.3 cm³/mol. The van der Waals surface area contributed by atoms with Crippen LogP contribution in [0.15, 0.2) is 12.3 Å². The van der Waals surface area contributed by atoms with Gasteiger partial charge in [0.15, 0.2) is 0 Å². The number of hydrogen-bond acceptors (Lipinski definition) is 5. The molecule has 5 nitrogen and oxygen atoms in total. The molecular weight excluding hydrogens is 260 g/mol. The first kappa shape index (κ1) is 13.7. The molecule has 2 aromatic heterocycles. The van der Waals surface area contributed by atoms with E-state index in [1.54, 1.807) is 12.3 Å². The molecule has 0 saturated carbocycles. The van der Waals surface area contributed by atoms with Crippen molar-refractivity contribution in [2.45, 2.75) is 39.2 Å². The minimum atomic E-state index is -0.110. The lowest BCUT2D eigenvalue weighted by atomic mass is 10.1. The zero-order valence-electron chi connectivity index (χ0n) is 11.1. The van der Waals surface area contributed by atoms with Crippen LogP contribution in [0.1, 0.15) is 42.8 Å². The molecule has 0 aliphatic rings. The summed E-state index contributed by atoms with van der Waals surface area (Å²) >= 11 is 1.29. The normalized spacial score (nSPS) is 12.5. The Morgan fingerprint density at radius 1 is 1.53 bits per heavy atom. The number of hydrogen-bond donors (Lipinski definition) is 2. The SMILES string of the molecule is CCCC(CC)NC(=O)c1sc2nnccc2c1N. The molecule has 0 spiro atoms. The Kier molecular flexibility index (Phi) is 4.31. The third-order valence-electron chi connectivity index (χ3n) is 3.09. The second kappa shape index (κ2) is 5.97. The van der Waals surface area contributed by atoms with Gasteiger partial charge in [-0.2, -0.15) is 5.10 Å². The Balaban J connectivity index is 2.24. The number of nitrogen functional groups attached to an aromatic ring is 1. The number of carbonyl (C=O) groups is 1. The molecule has 1 amide bonds. The zero-order valence-corrected chi connectivity index (χ0v) is 12.0. The van der Waals surface area contributed by atoms with Crippen molar-refractivity contribution in [1.29, 1.82) is 0 Å². The fourth-order valence-corrected chi connectivity index (χ4v) is 2.96. The second-order valence-electron chi connectivity index (χ2n) is 4.46. The van der Waals surface area contributed by atoms with Crippen molar-refractivity contribution in [3.05, 3.63) is 17.1 Å². The van der Waals surface area contributed by atoms with E-state index in [0.717, 1.165) is 24.6 Å². The topological polar surface area (TPSA) is 80.9 Å². The minimum Gasteiger partial charge on any atom is -0.397 e. The standard InChI is InChI=1S/C13H18N4OS/c1-3-5-8(4-2)16-12(18)11-10(14)9-6-7-15-17-13(9)19-11/h6-8H,3-5,14H2,1-2H3,(H,16,18). The number of aromatic nitrogens is 2. The average molecular weight is 278 g/mol. The number of nitrogens with two attached hydrogens (primary N) is 1. The smallest absolute Gasteiger partial charge is 0.263 e. The Morgan fingerprint density at radius 3 is 2.95 bits per heavy atom. The van der Waals surface area contributed by atoms with Crippen molar-refractivity contribution in [2.24, 2.45) is 0 Å². The molecule has 3 N–H and O–H groups in total. The fraction of sp³-hybridized carbons (Fsp3) is 0.462. The summed E-state index contributed by atoms with van der Waals surface area (Å²) in [6, 6.07) is 1.99. The zero-order chi connectivity index (χ0) is 13.8. The van der Waals surface area contributed by atoms with Crippen molar-refractivity contribution < 1.29 is 4.79 Å². The van der Waals surface area contributed by atoms with Gasteiger partial charge in [0.25, 0.3) is 5.91 Å². The molecule has 0 aliphatic heterocycles. The van der Waals surface area contributed by atoms with Gasteiger partial charge in [-0.05, 0) is 18.9 Å². The van der Waals surface area contributed by atoms with Gasteiger partial charge >= 0.3 is 0 Å². The highest BCUT2D eigenvalue weighted by atomic mass is 32.1. The van der Waals surface area contributed by atoms with Crippen molar-refractivity contribution in [2.75, 3.05) is 5.73 Å². The van der Waals surface area contributed by atoms with Gasteiger partial charge in [0.05, 0.1) is 11.9 Å². The first-order valence-corrected chi connectivity index (χ1v) is 7.29. The lowest BCUT2D eigenvalue weighted by Gasteiger charge is -2.15. The number of thiophene rings is 1. The Hall–Kier alpha value is -1.69. The molecular formula is C13H18N4OS. The van der Waals surface area contributed by atoms with Gasteiger partial charge in [-0.3, -0.25) is 4.79 Å². The summed E-state index contributed by atoms with van der Waals surface area (Å²) < 4.78 is 0. The molecule has 0 aliphatic carbocycles. The lowest BCUT2D eigenvalue weighted by molar-refractivity contribution is 0.0938. The van der Waals surface area contributed by atoms with E-state index in [9.17, 15) is 4.79 Å². The summed E-state index contributed by atoms with van der Waals surface area (Å²) in [7, 11) is 0. The maximum atomic E-state index is 12.3. The van der Waals surface area contributed by atoms with E-state index in [4.69, 9.17) is 5.73 Å². The monoisotopic (exact) mass is 278 g/mol. The summed E-state index contributed by atoms with van der Waals surface area (Å²) in [5.41, 5.74) is 6.51. The molecule has 0 saturated heterocycles. The number of fused-ring (bicyclic) bond motifs is 1. The van der Waals surface area contributed by atoms with E-state index in [1.807, 2.05) is 0 Å². The van der Waals surface area contributed by atoms with Crippen molar-refractivity contribution >= 4 is 33.1 Å². The number of amides is 1. The summed E-state index contributed by atoms with van der Waals surface area (Å²) in [5, 5.41) is 11.6. The molecule has 0 fully saturated rings. The van der Waals surface area contributed by atoms with Crippen molar-refractivity contribution in [3.63, 3.8) is 0 Å². The van der Waals surface area contributed by atoms with Crippen LogP contribution >= 0.6 is 11.3 Å². The van der Waals surface area contributed by atoms with Crippen molar-refractivity contribution in [3.8, 4) is 0 Å². The maximum absolute atomic E-state index is 12.3. The van der Waals surface area contributed by atoms with Gasteiger partial charge in [-0.25, -0.2) is 0 Å². The molecule has 2 rings (SSSR count). The van der Waals surface area contributed by atoms with Crippen LogP contribution in [-0.4, -0.2) is 22.1 Å². The van der Waals surface area contributed by atoms with E-state index in [2.05, 4.69) is 29.4 Å². The fourth-order valence-electron chi connectivity index (χ4n) is 2.02. The molecule has 6 heteroatoms. The summed E-state index contributed by atoms with van der Waals surface area (Å²) in [4.78, 5) is 13.5. The lowest BCUT2D eigenvalue weighted by Crippen LogP contribution is -2.34. The van der Waals surface area contributed by atoms with Gasteiger partial charge in [-0.15, -0.1) is 16.4 Å². The van der Waals surface area contributed by atoms with Gasteiger partial charge < -0.3 is 11.1 Å². The van der Waals surface area contributed by atoms with Gasteiger partial charge in [0, 0.05) is 11.4 Å². The minimum absolute atomic E-state index is 0.110. The highest BCUT2D eigenvalue weighted by molar-refractivity contribution is 7.21. The molecule has 1 atom stereocenters. The first-order valence-electron chi connectivity index (χ1n) is 6.47. The number of carbonyl (C=O) groups excluding carboxylic acids is 1. The van der Waals surface area contributed by atoms with E-state index in [0.29, 0.717) is 15.4 Å². The third-order valence-corrected chi connectivity index (χ3v) is 4.20. The Morgan fingerprint density at radius 2 is 2.32 bits per heavy atom. The molecule has 0 aromatic carbocycles. The largest absolute Gasteiger partial charge is 0.397 e. The third kappa shape index (κ3) is 2.84. The van der Waals surface area contributed by atoms with Crippen molar-refractivity contribution in [1.82, 2.24) is 15.5 Å². The highest BCUT2D eigenvalue weighted by Crippen LogP contribution is 2.31. The summed E-state index contributed by atoms with van der Waals surface area (Å²) in [6.07, 6.45) is 4.53. The predicted octanol–water partition coefficient (Wildman–Crippen LogP) is 2.58. The number of rotatable bonds is 5. The van der Waals surface area contributed by atoms with Crippen LogP contribution in [0.2, 0.25) is 0 Å². The van der Waals surface area contributed by atoms with E-state index in [-0.39, 0.29) is 11.9 Å². The Labute approximate surface area is 116 Å². The van der Waals surface area contributed by atoms with Crippen LogP contribution in [0.5, 0.6) is 0 Å². The summed E-state index contributed by atoms with van der Waals surface area (Å²) in [5.74, 6) is -0.110. The van der Waals surface area contributed by atoms with Crippen LogP contribution in [0.4, 0.5) is 5.69 Å². The molecule has 1 unspecified atom stereocenters. The highest BCUT2D eigenvalue weighted by Gasteiger charge is 2.19. The van der Waals surface area contributed by atoms with E-state index < -0.39 is 0 Å². The number of nitrogens with zero attached hydrogens (tertiary/aromatic N) is 2. The molecule has 0 radical (unpaired) electrons. The molecule has 102 valence electrons. The molecule has 2 aromatic rings. The molecule has 0 bridgehead atoms. The number of anilines is 1. The van der Waals surface area contributed by atoms with E-state index in [1.165, 1.54) is 11.3 Å². The van der Waals surface area contributed by atoms with Gasteiger partial charge in [0.2, 0.25) is 0 Å². The average Bonchev–Trinajstić information content (AvgIpc) is 2.76. The first-order chi connectivity index (χ1) is 9.17. The van der Waals surface area contributed by atoms with Crippen LogP contribution in [0, 0.1) is 0 Å². The van der Waals surface area contributed by atoms with Gasteiger partial charge in [0.1, 0.15) is 9.71 Å². The van der Waals surface area contributed by atoms with Crippen LogP contribution < -0.4 is 11.1 Å². The van der Waals surface area contributed by atoms with E-state index >= 15 is 0 Å². The quantitative estimate of drug-likeness (QED) is 0.880. The van der Waals surface area contributed by atoms with Gasteiger partial charge in [-0.1, -0.05) is 20.3 Å². The Bertz CT molecular complexity index is 581. The van der Waals surface area contributed by atoms with Crippen LogP contribution in [-0.2, 0) is 0 Å². The molecule has 2 heterocycles. The molecule has 19 heavy (non-hydrogen) atoms. The van der Waals surface area contributed by atoms with Crippen LogP contribution in [0.3, 0.4) is 0 Å². The second-order valence-corrected chi connectivity index (χ2v) is 5.46.